The Morgan fingerprint density at radius 3 is 2.17 bits per heavy atom. The number of hydrogen-bond acceptors (Lipinski definition) is 2. The summed E-state index contributed by atoms with van der Waals surface area (Å²) in [5.74, 6) is -0.961. The molecule has 0 heterocycles. The van der Waals surface area contributed by atoms with Crippen LogP contribution in [0.25, 0.3) is 0 Å². The summed E-state index contributed by atoms with van der Waals surface area (Å²) in [6.07, 6.45) is 0.407. The molecule has 3 heteroatoms. The lowest BCUT2D eigenvalue weighted by atomic mass is 10.1. The van der Waals surface area contributed by atoms with Crippen LogP contribution in [-0.4, -0.2) is 16.9 Å². The summed E-state index contributed by atoms with van der Waals surface area (Å²) in [5, 5.41) is 8.76. The molecule has 0 spiro atoms. The molecule has 68 valence electrons. The number of carbonyl (C=O) groups is 2. The molecule has 0 unspecified atom stereocenters. The van der Waals surface area contributed by atoms with Gasteiger partial charge >= 0.3 is 5.97 Å². The van der Waals surface area contributed by atoms with E-state index in [0.717, 1.165) is 0 Å². The topological polar surface area (TPSA) is 54.4 Å². The van der Waals surface area contributed by atoms with Crippen LogP contribution in [-0.2, 0) is 9.59 Å². The standard InChI is InChI=1S/C9H14O3/c1-5(10)4-6-7(8(11)12)9(6,2)3/h6-7H,4H2,1-3H3,(H,11,12)/t6-,7-/m0/s1. The summed E-state index contributed by atoms with van der Waals surface area (Å²) in [6.45, 7) is 5.31. The van der Waals surface area contributed by atoms with E-state index in [4.69, 9.17) is 5.11 Å². The minimum absolute atomic E-state index is 0.0486. The van der Waals surface area contributed by atoms with E-state index in [1.165, 1.54) is 6.92 Å². The van der Waals surface area contributed by atoms with Gasteiger partial charge in [-0.05, 0) is 18.3 Å². The van der Waals surface area contributed by atoms with Crippen molar-refractivity contribution in [2.24, 2.45) is 17.3 Å². The van der Waals surface area contributed by atoms with Gasteiger partial charge in [0.2, 0.25) is 0 Å². The number of rotatable bonds is 3. The van der Waals surface area contributed by atoms with E-state index in [1.54, 1.807) is 0 Å². The van der Waals surface area contributed by atoms with Crippen LogP contribution in [0, 0.1) is 17.3 Å². The van der Waals surface area contributed by atoms with Crippen molar-refractivity contribution in [2.45, 2.75) is 27.2 Å². The van der Waals surface area contributed by atoms with Gasteiger partial charge in [-0.1, -0.05) is 13.8 Å². The normalized spacial score (nSPS) is 31.2. The first kappa shape index (κ1) is 9.23. The van der Waals surface area contributed by atoms with E-state index in [2.05, 4.69) is 0 Å². The van der Waals surface area contributed by atoms with Gasteiger partial charge in [0, 0.05) is 6.42 Å². The number of Topliss-reactive ketones (excluding diaryl/α,β-unsaturated/α-hetero) is 1. The summed E-state index contributed by atoms with van der Waals surface area (Å²) < 4.78 is 0. The zero-order chi connectivity index (χ0) is 9.52. The monoisotopic (exact) mass is 170 g/mol. The summed E-state index contributed by atoms with van der Waals surface area (Å²) >= 11 is 0. The lowest BCUT2D eigenvalue weighted by Gasteiger charge is -1.97. The minimum Gasteiger partial charge on any atom is -0.481 e. The average molecular weight is 170 g/mol. The van der Waals surface area contributed by atoms with Crippen molar-refractivity contribution < 1.29 is 14.7 Å². The molecule has 0 aromatic rings. The predicted molar refractivity (Wildman–Crippen MR) is 43.7 cm³/mol. The van der Waals surface area contributed by atoms with E-state index in [-0.39, 0.29) is 23.0 Å². The first-order chi connectivity index (χ1) is 5.37. The van der Waals surface area contributed by atoms with E-state index in [0.29, 0.717) is 6.42 Å². The van der Waals surface area contributed by atoms with E-state index >= 15 is 0 Å². The van der Waals surface area contributed by atoms with Gasteiger partial charge in [-0.25, -0.2) is 0 Å². The van der Waals surface area contributed by atoms with E-state index in [9.17, 15) is 9.59 Å². The molecular formula is C9H14O3. The first-order valence-electron chi connectivity index (χ1n) is 4.09. The fourth-order valence-corrected chi connectivity index (χ4v) is 1.93. The summed E-state index contributed by atoms with van der Waals surface area (Å²) in [5.41, 5.74) is -0.183. The molecule has 2 atom stereocenters. The Kier molecular flexibility index (Phi) is 1.98. The van der Waals surface area contributed by atoms with Gasteiger partial charge in [0.1, 0.15) is 5.78 Å². The Labute approximate surface area is 71.8 Å². The largest absolute Gasteiger partial charge is 0.481 e. The Balaban J connectivity index is 2.60. The molecule has 1 aliphatic rings. The second-order valence-electron chi connectivity index (χ2n) is 4.15. The van der Waals surface area contributed by atoms with Crippen LogP contribution in [0.2, 0.25) is 0 Å². The first-order valence-corrected chi connectivity index (χ1v) is 4.09. The van der Waals surface area contributed by atoms with Gasteiger partial charge < -0.3 is 9.90 Å². The van der Waals surface area contributed by atoms with Crippen LogP contribution in [0.15, 0.2) is 0 Å². The van der Waals surface area contributed by atoms with Crippen LogP contribution >= 0.6 is 0 Å². The molecule has 1 saturated carbocycles. The van der Waals surface area contributed by atoms with Gasteiger partial charge in [-0.3, -0.25) is 4.79 Å². The molecule has 0 bridgehead atoms. The molecule has 0 amide bonds. The molecule has 1 aliphatic carbocycles. The zero-order valence-electron chi connectivity index (χ0n) is 7.63. The Bertz CT molecular complexity index is 230. The van der Waals surface area contributed by atoms with Crippen molar-refractivity contribution in [3.63, 3.8) is 0 Å². The quantitative estimate of drug-likeness (QED) is 0.695. The van der Waals surface area contributed by atoms with Crippen LogP contribution in [0.1, 0.15) is 27.2 Å². The average Bonchev–Trinajstić information content (AvgIpc) is 2.32. The Morgan fingerprint density at radius 1 is 1.42 bits per heavy atom. The smallest absolute Gasteiger partial charge is 0.307 e. The lowest BCUT2D eigenvalue weighted by Crippen LogP contribution is -2.03. The highest BCUT2D eigenvalue weighted by atomic mass is 16.4. The SMILES string of the molecule is CC(=O)C[C@H]1[C@@H](C(=O)O)C1(C)C. The highest BCUT2D eigenvalue weighted by Crippen LogP contribution is 2.59. The molecule has 0 aromatic carbocycles. The molecule has 1 fully saturated rings. The molecule has 12 heavy (non-hydrogen) atoms. The van der Waals surface area contributed by atoms with Crippen LogP contribution in [0.4, 0.5) is 0 Å². The molecule has 0 saturated heterocycles. The van der Waals surface area contributed by atoms with Crippen molar-refractivity contribution in [1.29, 1.82) is 0 Å². The number of aliphatic carboxylic acids is 1. The molecule has 1 rings (SSSR count). The van der Waals surface area contributed by atoms with E-state index in [1.807, 2.05) is 13.8 Å². The summed E-state index contributed by atoms with van der Waals surface area (Å²) in [7, 11) is 0. The van der Waals surface area contributed by atoms with Crippen LogP contribution < -0.4 is 0 Å². The number of ketones is 1. The third-order valence-corrected chi connectivity index (χ3v) is 2.82. The number of carboxylic acid groups (broad SMARTS) is 1. The maximum atomic E-state index is 10.8. The highest BCUT2D eigenvalue weighted by Gasteiger charge is 2.61. The van der Waals surface area contributed by atoms with Crippen molar-refractivity contribution >= 4 is 11.8 Å². The molecular weight excluding hydrogens is 156 g/mol. The second-order valence-corrected chi connectivity index (χ2v) is 4.15. The maximum Gasteiger partial charge on any atom is 0.307 e. The zero-order valence-corrected chi connectivity index (χ0v) is 7.63. The lowest BCUT2D eigenvalue weighted by molar-refractivity contribution is -0.139. The molecule has 0 radical (unpaired) electrons. The van der Waals surface area contributed by atoms with Gasteiger partial charge in [-0.15, -0.1) is 0 Å². The fraction of sp³-hybridized carbons (Fsp3) is 0.778. The minimum atomic E-state index is -0.772. The summed E-state index contributed by atoms with van der Waals surface area (Å²) in [6, 6.07) is 0. The second kappa shape index (κ2) is 2.57. The van der Waals surface area contributed by atoms with Crippen LogP contribution in [0.3, 0.4) is 0 Å². The molecule has 1 N–H and O–H groups in total. The van der Waals surface area contributed by atoms with Crippen molar-refractivity contribution in [3.8, 4) is 0 Å². The van der Waals surface area contributed by atoms with Gasteiger partial charge in [-0.2, -0.15) is 0 Å². The van der Waals surface area contributed by atoms with Crippen LogP contribution in [0.5, 0.6) is 0 Å². The molecule has 0 aromatic heterocycles. The van der Waals surface area contributed by atoms with Gasteiger partial charge in [0.05, 0.1) is 5.92 Å². The van der Waals surface area contributed by atoms with Gasteiger partial charge in [0.25, 0.3) is 0 Å². The summed E-state index contributed by atoms with van der Waals surface area (Å²) in [4.78, 5) is 21.4. The van der Waals surface area contributed by atoms with E-state index < -0.39 is 5.97 Å². The molecule has 3 nitrogen and oxygen atoms in total. The highest BCUT2D eigenvalue weighted by molar-refractivity contribution is 5.81. The fourth-order valence-electron chi connectivity index (χ4n) is 1.93. The third-order valence-electron chi connectivity index (χ3n) is 2.82. The number of carbonyl (C=O) groups excluding carboxylic acids is 1. The Morgan fingerprint density at radius 2 is 1.92 bits per heavy atom. The maximum absolute atomic E-state index is 10.8. The number of carboxylic acids is 1. The molecule has 0 aliphatic heterocycles. The third kappa shape index (κ3) is 1.36. The predicted octanol–water partition coefficient (Wildman–Crippen LogP) is 1.32. The number of hydrogen-bond donors (Lipinski definition) is 1. The Hall–Kier alpha value is -0.860. The van der Waals surface area contributed by atoms with Crippen molar-refractivity contribution in [2.75, 3.05) is 0 Å². The van der Waals surface area contributed by atoms with Crippen molar-refractivity contribution in [1.82, 2.24) is 0 Å². The van der Waals surface area contributed by atoms with Gasteiger partial charge in [0.15, 0.2) is 0 Å². The van der Waals surface area contributed by atoms with Crippen molar-refractivity contribution in [3.05, 3.63) is 0 Å².